The van der Waals surface area contributed by atoms with E-state index in [1.807, 2.05) is 49.0 Å². The van der Waals surface area contributed by atoms with Crippen molar-refractivity contribution < 1.29 is 19.0 Å². The van der Waals surface area contributed by atoms with Crippen molar-refractivity contribution in [2.75, 3.05) is 38.2 Å². The van der Waals surface area contributed by atoms with Gasteiger partial charge in [-0.2, -0.15) is 9.61 Å². The van der Waals surface area contributed by atoms with Crippen LogP contribution in [0.4, 0.5) is 5.82 Å². The number of rotatable bonds is 16. The van der Waals surface area contributed by atoms with E-state index >= 15 is 0 Å². The summed E-state index contributed by atoms with van der Waals surface area (Å²) in [5.41, 5.74) is 5.19. The first-order valence-electron chi connectivity index (χ1n) is 18.2. The van der Waals surface area contributed by atoms with Crippen LogP contribution in [0.25, 0.3) is 28.0 Å². The van der Waals surface area contributed by atoms with Gasteiger partial charge in [-0.15, -0.1) is 0 Å². The summed E-state index contributed by atoms with van der Waals surface area (Å²) in [7, 11) is -2.52. The fraction of sp³-hybridized carbons (Fsp3) is 0.538. The molecule has 11 heteroatoms. The van der Waals surface area contributed by atoms with Crippen LogP contribution in [0.5, 0.6) is 0 Å². The predicted octanol–water partition coefficient (Wildman–Crippen LogP) is 9.12. The average molecular weight is 716 g/mol. The van der Waals surface area contributed by atoms with Crippen molar-refractivity contribution in [3.8, 4) is 22.4 Å². The molecule has 1 aliphatic carbocycles. The number of esters is 1. The number of ether oxygens (including phenoxy) is 3. The fourth-order valence-electron chi connectivity index (χ4n) is 6.27. The minimum atomic E-state index is -1.26. The number of fused-ring (bicyclic) bond motifs is 1. The molecular weight excluding hydrogens is 659 g/mol. The second-order valence-corrected chi connectivity index (χ2v) is 27.7. The lowest BCUT2D eigenvalue weighted by Crippen LogP contribution is -2.34. The molecule has 3 aromatic heterocycles. The first kappa shape index (κ1) is 37.9. The van der Waals surface area contributed by atoms with Crippen LogP contribution in [0.2, 0.25) is 51.4 Å². The molecule has 0 N–H and O–H groups in total. The van der Waals surface area contributed by atoms with Crippen LogP contribution in [0.15, 0.2) is 60.9 Å². The van der Waals surface area contributed by atoms with E-state index in [1.54, 1.807) is 0 Å². The van der Waals surface area contributed by atoms with Gasteiger partial charge in [-0.1, -0.05) is 75.7 Å². The highest BCUT2D eigenvalue weighted by molar-refractivity contribution is 6.76. The quantitative estimate of drug-likeness (QED) is 0.0491. The van der Waals surface area contributed by atoms with Gasteiger partial charge in [-0.3, -0.25) is 9.78 Å². The molecule has 0 spiro atoms. The lowest BCUT2D eigenvalue weighted by molar-refractivity contribution is -0.156. The Kier molecular flexibility index (Phi) is 12.3. The molecule has 1 aliphatic rings. The SMILES string of the molecule is CCOC(=O)C1(C)CCC(c2cc(N(COCC[Si](C)(C)C)COCC[Si](C)(C)C)n3ncc(-c4ccc(-c5ccccc5)nc4)c3n2)CC1. The number of pyridine rings is 1. The third-order valence-corrected chi connectivity index (χ3v) is 13.1. The summed E-state index contributed by atoms with van der Waals surface area (Å²) in [5.74, 6) is 0.999. The summed E-state index contributed by atoms with van der Waals surface area (Å²) < 4.78 is 20.1. The van der Waals surface area contributed by atoms with Crippen molar-refractivity contribution in [1.29, 1.82) is 0 Å². The van der Waals surface area contributed by atoms with Gasteiger partial charge in [-0.05, 0) is 57.7 Å². The Hall–Kier alpha value is -3.39. The highest BCUT2D eigenvalue weighted by atomic mass is 28.3. The highest BCUT2D eigenvalue weighted by Gasteiger charge is 2.39. The van der Waals surface area contributed by atoms with Crippen LogP contribution < -0.4 is 4.90 Å². The number of benzene rings is 1. The molecule has 0 unspecified atom stereocenters. The van der Waals surface area contributed by atoms with Crippen molar-refractivity contribution >= 4 is 33.6 Å². The lowest BCUT2D eigenvalue weighted by Gasteiger charge is -2.35. The van der Waals surface area contributed by atoms with E-state index in [9.17, 15) is 4.79 Å². The topological polar surface area (TPSA) is 91.1 Å². The molecule has 0 aliphatic heterocycles. The van der Waals surface area contributed by atoms with E-state index in [-0.39, 0.29) is 11.9 Å². The normalized spacial score (nSPS) is 18.4. The van der Waals surface area contributed by atoms with Crippen LogP contribution in [0.3, 0.4) is 0 Å². The van der Waals surface area contributed by atoms with Gasteiger partial charge in [0, 0.05) is 69.9 Å². The molecule has 270 valence electrons. The summed E-state index contributed by atoms with van der Waals surface area (Å²) >= 11 is 0. The number of carbonyl (C=O) groups excluding carboxylic acids is 1. The van der Waals surface area contributed by atoms with Gasteiger partial charge in [0.25, 0.3) is 0 Å². The smallest absolute Gasteiger partial charge is 0.311 e. The molecule has 0 bridgehead atoms. The Morgan fingerprint density at radius 1 is 0.900 bits per heavy atom. The van der Waals surface area contributed by atoms with Gasteiger partial charge >= 0.3 is 5.97 Å². The first-order chi connectivity index (χ1) is 23.8. The van der Waals surface area contributed by atoms with Gasteiger partial charge in [0.15, 0.2) is 5.65 Å². The largest absolute Gasteiger partial charge is 0.466 e. The number of anilines is 1. The number of hydrogen-bond donors (Lipinski definition) is 0. The lowest BCUT2D eigenvalue weighted by atomic mass is 9.71. The van der Waals surface area contributed by atoms with Crippen LogP contribution in [-0.4, -0.2) is 75.0 Å². The van der Waals surface area contributed by atoms with Crippen molar-refractivity contribution in [2.24, 2.45) is 5.41 Å². The molecule has 1 saturated carbocycles. The van der Waals surface area contributed by atoms with E-state index < -0.39 is 21.6 Å². The third kappa shape index (κ3) is 9.89. The monoisotopic (exact) mass is 715 g/mol. The number of carbonyl (C=O) groups is 1. The molecule has 1 aromatic carbocycles. The Bertz CT molecular complexity index is 1670. The molecule has 4 aromatic rings. The van der Waals surface area contributed by atoms with Crippen LogP contribution in [0, 0.1) is 5.41 Å². The van der Waals surface area contributed by atoms with Crippen molar-refractivity contribution in [1.82, 2.24) is 19.6 Å². The Morgan fingerprint density at radius 3 is 2.10 bits per heavy atom. The van der Waals surface area contributed by atoms with E-state index in [4.69, 9.17) is 29.3 Å². The zero-order chi connectivity index (χ0) is 35.9. The van der Waals surface area contributed by atoms with Gasteiger partial charge in [0.2, 0.25) is 0 Å². The number of nitrogens with zero attached hydrogens (tertiary/aromatic N) is 5. The number of hydrogen-bond acceptors (Lipinski definition) is 8. The van der Waals surface area contributed by atoms with Crippen LogP contribution in [-0.2, 0) is 19.0 Å². The van der Waals surface area contributed by atoms with Gasteiger partial charge in [0.05, 0.1) is 23.9 Å². The molecule has 5 rings (SSSR count). The third-order valence-electron chi connectivity index (χ3n) is 9.70. The van der Waals surface area contributed by atoms with Gasteiger partial charge in [-0.25, -0.2) is 4.98 Å². The highest BCUT2D eigenvalue weighted by Crippen LogP contribution is 2.44. The average Bonchev–Trinajstić information content (AvgIpc) is 3.51. The van der Waals surface area contributed by atoms with Crippen molar-refractivity contribution in [2.45, 2.75) is 96.8 Å². The van der Waals surface area contributed by atoms with Crippen molar-refractivity contribution in [3.63, 3.8) is 0 Å². The van der Waals surface area contributed by atoms with Crippen molar-refractivity contribution in [3.05, 3.63) is 66.6 Å². The second kappa shape index (κ2) is 16.3. The first-order valence-corrected chi connectivity index (χ1v) is 25.7. The van der Waals surface area contributed by atoms with E-state index in [1.165, 1.54) is 0 Å². The Balaban J connectivity index is 1.51. The van der Waals surface area contributed by atoms with Crippen LogP contribution >= 0.6 is 0 Å². The predicted molar refractivity (Wildman–Crippen MR) is 208 cm³/mol. The summed E-state index contributed by atoms with van der Waals surface area (Å²) in [6.45, 7) is 20.7. The molecule has 0 atom stereocenters. The maximum Gasteiger partial charge on any atom is 0.311 e. The van der Waals surface area contributed by atoms with Gasteiger partial charge in [0.1, 0.15) is 19.3 Å². The Morgan fingerprint density at radius 2 is 1.54 bits per heavy atom. The van der Waals surface area contributed by atoms with E-state index in [0.29, 0.717) is 33.3 Å². The van der Waals surface area contributed by atoms with Gasteiger partial charge < -0.3 is 19.1 Å². The zero-order valence-electron chi connectivity index (χ0n) is 31.5. The minimum Gasteiger partial charge on any atom is -0.466 e. The van der Waals surface area contributed by atoms with Crippen LogP contribution in [0.1, 0.15) is 51.1 Å². The summed E-state index contributed by atoms with van der Waals surface area (Å²) in [6.07, 6.45) is 7.04. The Labute approximate surface area is 300 Å². The molecule has 50 heavy (non-hydrogen) atoms. The summed E-state index contributed by atoms with van der Waals surface area (Å²) in [5, 5.41) is 4.91. The number of aromatic nitrogens is 4. The molecule has 3 heterocycles. The fourth-order valence-corrected chi connectivity index (χ4v) is 7.79. The standard InChI is InChI=1S/C39H57N5O4Si2/c1-9-48-38(45)39(2)19-17-31(18-20-39)35-25-36(43(28-46-21-23-49(3,4)5)29-47-22-24-50(6,7)8)44-37(42-35)33(27-41-44)32-15-16-34(40-26-32)30-13-11-10-12-14-30/h10-16,25-27,31H,9,17-24,28-29H2,1-8H3. The summed E-state index contributed by atoms with van der Waals surface area (Å²) in [6, 6.07) is 18.7. The maximum absolute atomic E-state index is 12.9. The maximum atomic E-state index is 12.9. The summed E-state index contributed by atoms with van der Waals surface area (Å²) in [4.78, 5) is 25.1. The molecule has 1 fully saturated rings. The molecule has 0 saturated heterocycles. The molecule has 0 radical (unpaired) electrons. The second-order valence-electron chi connectivity index (χ2n) is 16.4. The molecular formula is C39H57N5O4Si2. The molecule has 0 amide bonds. The van der Waals surface area contributed by atoms with E-state index in [0.717, 1.165) is 77.3 Å². The zero-order valence-corrected chi connectivity index (χ0v) is 33.5. The minimum absolute atomic E-state index is 0.0933. The molecule has 9 nitrogen and oxygen atoms in total. The van der Waals surface area contributed by atoms with E-state index in [2.05, 4.69) is 74.5 Å².